The molecule has 0 bridgehead atoms. The van der Waals surface area contributed by atoms with Gasteiger partial charge in [0.1, 0.15) is 23.3 Å². The molecule has 3 fully saturated rings. The molecule has 0 aromatic carbocycles. The fourth-order valence-electron chi connectivity index (χ4n) is 3.68. The molecule has 0 aliphatic carbocycles. The first kappa shape index (κ1) is 15.5. The van der Waals surface area contributed by atoms with Gasteiger partial charge in [-0.1, -0.05) is 0 Å². The highest BCUT2D eigenvalue weighted by atomic mass is 19.4. The summed E-state index contributed by atoms with van der Waals surface area (Å²) in [6, 6.07) is 2.87. The molecule has 0 unspecified atom stereocenters. The number of rotatable bonds is 2. The molecule has 1 spiro atoms. The Morgan fingerprint density at radius 1 is 1.38 bits per heavy atom. The number of hydrogen-bond acceptors (Lipinski definition) is 5. The first-order valence-corrected chi connectivity index (χ1v) is 8.08. The van der Waals surface area contributed by atoms with E-state index in [1.807, 2.05) is 11.8 Å². The van der Waals surface area contributed by atoms with Gasteiger partial charge in [0.05, 0.1) is 5.56 Å². The number of anilines is 2. The zero-order valence-electron chi connectivity index (χ0n) is 13.3. The highest BCUT2D eigenvalue weighted by molar-refractivity contribution is 5.65. The van der Waals surface area contributed by atoms with Crippen molar-refractivity contribution < 1.29 is 13.2 Å². The van der Waals surface area contributed by atoms with E-state index in [0.717, 1.165) is 25.6 Å². The van der Waals surface area contributed by atoms with Crippen LogP contribution in [0.1, 0.15) is 24.5 Å². The Kier molecular flexibility index (Phi) is 3.23. The number of nitrogens with one attached hydrogen (secondary N) is 1. The molecule has 3 aliphatic rings. The van der Waals surface area contributed by atoms with Gasteiger partial charge >= 0.3 is 6.18 Å². The van der Waals surface area contributed by atoms with Gasteiger partial charge in [0.15, 0.2) is 0 Å². The van der Waals surface area contributed by atoms with E-state index in [-0.39, 0.29) is 22.8 Å². The molecule has 1 atom stereocenters. The number of halogens is 3. The summed E-state index contributed by atoms with van der Waals surface area (Å²) >= 11 is 0. The van der Waals surface area contributed by atoms with Gasteiger partial charge in [-0.15, -0.1) is 0 Å². The standard InChI is InChI=1S/C16H18F3N5/c1-10-2-3-24(10)14-11(5-20)12(16(17,18)19)4-13(22-14)23-8-15(9-23)6-21-7-15/h4,10,21H,2-3,6-9H2,1H3/t10-/m0/s1. The zero-order chi connectivity index (χ0) is 17.1. The van der Waals surface area contributed by atoms with Crippen LogP contribution < -0.4 is 15.1 Å². The van der Waals surface area contributed by atoms with E-state index < -0.39 is 11.7 Å². The van der Waals surface area contributed by atoms with Gasteiger partial charge in [0, 0.05) is 44.2 Å². The molecule has 0 saturated carbocycles. The SMILES string of the molecule is C[C@H]1CCN1c1nc(N2CC3(CNC3)C2)cc(C(F)(F)F)c1C#N. The number of hydrogen-bond donors (Lipinski definition) is 1. The van der Waals surface area contributed by atoms with E-state index in [0.29, 0.717) is 25.5 Å². The fraction of sp³-hybridized carbons (Fsp3) is 0.625. The van der Waals surface area contributed by atoms with Crippen LogP contribution in [0.2, 0.25) is 0 Å². The summed E-state index contributed by atoms with van der Waals surface area (Å²) in [6.07, 6.45) is -3.66. The average Bonchev–Trinajstić information content (AvgIpc) is 2.41. The molecular formula is C16H18F3N5. The number of aromatic nitrogens is 1. The van der Waals surface area contributed by atoms with Gasteiger partial charge < -0.3 is 15.1 Å². The second-order valence-electron chi connectivity index (χ2n) is 7.13. The van der Waals surface area contributed by atoms with Crippen LogP contribution in [-0.4, -0.2) is 43.7 Å². The minimum Gasteiger partial charge on any atom is -0.355 e. The number of nitrogens with zero attached hydrogens (tertiary/aromatic N) is 4. The molecule has 8 heteroatoms. The summed E-state index contributed by atoms with van der Waals surface area (Å²) in [5, 5.41) is 12.5. The molecule has 3 aliphatic heterocycles. The topological polar surface area (TPSA) is 55.2 Å². The Hall–Kier alpha value is -2.01. The molecule has 4 heterocycles. The molecule has 4 rings (SSSR count). The Morgan fingerprint density at radius 2 is 2.08 bits per heavy atom. The van der Waals surface area contributed by atoms with E-state index >= 15 is 0 Å². The van der Waals surface area contributed by atoms with E-state index in [2.05, 4.69) is 10.3 Å². The van der Waals surface area contributed by atoms with Gasteiger partial charge in [-0.05, 0) is 19.4 Å². The largest absolute Gasteiger partial charge is 0.417 e. The number of alkyl halides is 3. The molecule has 0 radical (unpaired) electrons. The van der Waals surface area contributed by atoms with Crippen molar-refractivity contribution in [2.45, 2.75) is 25.6 Å². The van der Waals surface area contributed by atoms with Gasteiger partial charge in [-0.25, -0.2) is 4.98 Å². The molecule has 128 valence electrons. The molecular weight excluding hydrogens is 319 g/mol. The minimum atomic E-state index is -4.56. The summed E-state index contributed by atoms with van der Waals surface area (Å²) in [5.41, 5.74) is -1.05. The van der Waals surface area contributed by atoms with Crippen molar-refractivity contribution in [3.63, 3.8) is 0 Å². The van der Waals surface area contributed by atoms with Gasteiger partial charge in [-0.3, -0.25) is 0 Å². The monoisotopic (exact) mass is 337 g/mol. The highest BCUT2D eigenvalue weighted by Crippen LogP contribution is 2.42. The zero-order valence-corrected chi connectivity index (χ0v) is 13.3. The minimum absolute atomic E-state index is 0.111. The maximum atomic E-state index is 13.5. The molecule has 24 heavy (non-hydrogen) atoms. The van der Waals surface area contributed by atoms with Gasteiger partial charge in [0.25, 0.3) is 0 Å². The van der Waals surface area contributed by atoms with Crippen LogP contribution in [0.15, 0.2) is 6.07 Å². The van der Waals surface area contributed by atoms with Crippen molar-refractivity contribution in [1.82, 2.24) is 10.3 Å². The first-order valence-electron chi connectivity index (χ1n) is 8.08. The second-order valence-corrected chi connectivity index (χ2v) is 7.13. The van der Waals surface area contributed by atoms with Crippen molar-refractivity contribution in [3.8, 4) is 6.07 Å². The summed E-state index contributed by atoms with van der Waals surface area (Å²) < 4.78 is 40.4. The van der Waals surface area contributed by atoms with Gasteiger partial charge in [0.2, 0.25) is 0 Å². The van der Waals surface area contributed by atoms with Crippen molar-refractivity contribution in [2.75, 3.05) is 42.5 Å². The van der Waals surface area contributed by atoms with Gasteiger partial charge in [-0.2, -0.15) is 18.4 Å². The normalized spacial score (nSPS) is 24.9. The second kappa shape index (κ2) is 4.99. The van der Waals surface area contributed by atoms with E-state index in [4.69, 9.17) is 0 Å². The molecule has 1 aromatic rings. The Labute approximate surface area is 138 Å². The quantitative estimate of drug-likeness (QED) is 0.894. The van der Waals surface area contributed by atoms with Crippen LogP contribution >= 0.6 is 0 Å². The molecule has 3 saturated heterocycles. The van der Waals surface area contributed by atoms with Crippen LogP contribution in [0.3, 0.4) is 0 Å². The predicted octanol–water partition coefficient (Wildman–Crippen LogP) is 1.98. The van der Waals surface area contributed by atoms with Crippen LogP contribution in [0, 0.1) is 16.7 Å². The lowest BCUT2D eigenvalue weighted by molar-refractivity contribution is -0.137. The van der Waals surface area contributed by atoms with Crippen molar-refractivity contribution in [1.29, 1.82) is 5.26 Å². The highest BCUT2D eigenvalue weighted by Gasteiger charge is 2.49. The Balaban J connectivity index is 1.74. The maximum Gasteiger partial charge on any atom is 0.417 e. The number of pyridine rings is 1. The molecule has 5 nitrogen and oxygen atoms in total. The van der Waals surface area contributed by atoms with Crippen LogP contribution in [0.25, 0.3) is 0 Å². The van der Waals surface area contributed by atoms with Crippen molar-refractivity contribution in [3.05, 3.63) is 17.2 Å². The number of nitriles is 1. The summed E-state index contributed by atoms with van der Waals surface area (Å²) in [4.78, 5) is 8.11. The lowest BCUT2D eigenvalue weighted by Crippen LogP contribution is -2.71. The van der Waals surface area contributed by atoms with Crippen LogP contribution in [-0.2, 0) is 6.18 Å². The summed E-state index contributed by atoms with van der Waals surface area (Å²) in [6.45, 7) is 5.81. The molecule has 1 N–H and O–H groups in total. The third-order valence-corrected chi connectivity index (χ3v) is 5.37. The maximum absolute atomic E-state index is 13.5. The average molecular weight is 337 g/mol. The van der Waals surface area contributed by atoms with Crippen LogP contribution in [0.5, 0.6) is 0 Å². The van der Waals surface area contributed by atoms with Crippen molar-refractivity contribution in [2.24, 2.45) is 5.41 Å². The van der Waals surface area contributed by atoms with E-state index in [1.54, 1.807) is 11.0 Å². The predicted molar refractivity (Wildman–Crippen MR) is 82.9 cm³/mol. The lowest BCUT2D eigenvalue weighted by atomic mass is 9.74. The van der Waals surface area contributed by atoms with E-state index in [9.17, 15) is 18.4 Å². The third kappa shape index (κ3) is 2.22. The first-order chi connectivity index (χ1) is 11.3. The smallest absolute Gasteiger partial charge is 0.355 e. The Bertz CT molecular complexity index is 712. The summed E-state index contributed by atoms with van der Waals surface area (Å²) in [5.74, 6) is 0.502. The molecule has 0 amide bonds. The fourth-order valence-corrected chi connectivity index (χ4v) is 3.68. The third-order valence-electron chi connectivity index (χ3n) is 5.37. The van der Waals surface area contributed by atoms with E-state index in [1.165, 1.54) is 0 Å². The molecule has 1 aromatic heterocycles. The lowest BCUT2D eigenvalue weighted by Gasteiger charge is -2.56. The Morgan fingerprint density at radius 3 is 2.50 bits per heavy atom. The van der Waals surface area contributed by atoms with Crippen LogP contribution in [0.4, 0.5) is 24.8 Å². The van der Waals surface area contributed by atoms with Crippen molar-refractivity contribution >= 4 is 11.6 Å². The summed E-state index contributed by atoms with van der Waals surface area (Å²) in [7, 11) is 0.